The highest BCUT2D eigenvalue weighted by molar-refractivity contribution is 5.90. The number of benzene rings is 2. The van der Waals surface area contributed by atoms with Gasteiger partial charge in [0.25, 0.3) is 0 Å². The van der Waals surface area contributed by atoms with Crippen LogP contribution < -0.4 is 11.4 Å². The van der Waals surface area contributed by atoms with Gasteiger partial charge in [-0.3, -0.25) is 4.57 Å². The van der Waals surface area contributed by atoms with Crippen LogP contribution >= 0.6 is 0 Å². The Hall–Kier alpha value is -4.12. The number of nitrogen functional groups attached to an aromatic ring is 1. The molecule has 1 aliphatic heterocycles. The average Bonchev–Trinajstić information content (AvgIpc) is 3.08. The van der Waals surface area contributed by atoms with Gasteiger partial charge in [0, 0.05) is 6.20 Å². The van der Waals surface area contributed by atoms with Crippen molar-refractivity contribution in [2.24, 2.45) is 0 Å². The first-order valence-electron chi connectivity index (χ1n) is 10.1. The number of carbonyl (C=O) groups excluding carboxylic acids is 2. The van der Waals surface area contributed by atoms with Gasteiger partial charge in [-0.15, -0.1) is 0 Å². The van der Waals surface area contributed by atoms with Crippen molar-refractivity contribution in [3.8, 4) is 0 Å². The fourth-order valence-corrected chi connectivity index (χ4v) is 3.43. The van der Waals surface area contributed by atoms with Crippen LogP contribution in [0.5, 0.6) is 0 Å². The first kappa shape index (κ1) is 23.1. The van der Waals surface area contributed by atoms with E-state index in [-0.39, 0.29) is 16.9 Å². The molecule has 3 atom stereocenters. The Morgan fingerprint density at radius 3 is 2.18 bits per heavy atom. The standard InChI is InChI=1S/C23H19F2N3O6/c24-23(25)18(34-20(30)15-9-5-2-6-10-15)16(13-32-19(29)14-7-3-1-4-8-14)33-21(23)28-12-11-17(26)27-22(28)31/h1-12,16,18,21H,13H2,(H2,26,27,31)/t16-,18+,21+/m1/s1. The van der Waals surface area contributed by atoms with Gasteiger partial charge in [0.15, 0.2) is 6.10 Å². The highest BCUT2D eigenvalue weighted by Crippen LogP contribution is 2.44. The third-order valence-corrected chi connectivity index (χ3v) is 5.09. The largest absolute Gasteiger partial charge is 0.459 e. The maximum atomic E-state index is 15.5. The van der Waals surface area contributed by atoms with E-state index in [1.807, 2.05) is 0 Å². The molecular weight excluding hydrogens is 452 g/mol. The molecule has 1 aliphatic rings. The molecule has 0 bridgehead atoms. The molecule has 3 aromatic rings. The minimum absolute atomic E-state index is 0.0353. The first-order chi connectivity index (χ1) is 16.3. The summed E-state index contributed by atoms with van der Waals surface area (Å²) >= 11 is 0. The van der Waals surface area contributed by atoms with E-state index in [2.05, 4.69) is 4.98 Å². The Morgan fingerprint density at radius 2 is 1.59 bits per heavy atom. The zero-order valence-corrected chi connectivity index (χ0v) is 17.5. The molecule has 0 aliphatic carbocycles. The maximum absolute atomic E-state index is 15.5. The fourth-order valence-electron chi connectivity index (χ4n) is 3.43. The fraction of sp³-hybridized carbons (Fsp3) is 0.217. The van der Waals surface area contributed by atoms with Gasteiger partial charge >= 0.3 is 23.6 Å². The van der Waals surface area contributed by atoms with Crippen molar-refractivity contribution in [2.45, 2.75) is 24.4 Å². The summed E-state index contributed by atoms with van der Waals surface area (Å²) < 4.78 is 47.1. The normalized spacial score (nSPS) is 21.1. The number of hydrogen-bond donors (Lipinski definition) is 1. The highest BCUT2D eigenvalue weighted by Gasteiger charge is 2.62. The Balaban J connectivity index is 1.61. The lowest BCUT2D eigenvalue weighted by Crippen LogP contribution is -2.44. The van der Waals surface area contributed by atoms with E-state index in [0.29, 0.717) is 4.57 Å². The van der Waals surface area contributed by atoms with Crippen LogP contribution in [0.15, 0.2) is 77.7 Å². The van der Waals surface area contributed by atoms with Crippen molar-refractivity contribution in [2.75, 3.05) is 12.3 Å². The van der Waals surface area contributed by atoms with Crippen LogP contribution in [-0.2, 0) is 14.2 Å². The lowest BCUT2D eigenvalue weighted by molar-refractivity contribution is -0.142. The monoisotopic (exact) mass is 471 g/mol. The summed E-state index contributed by atoms with van der Waals surface area (Å²) in [4.78, 5) is 40.5. The van der Waals surface area contributed by atoms with Crippen LogP contribution in [0.4, 0.5) is 14.6 Å². The van der Waals surface area contributed by atoms with Crippen LogP contribution in [0.2, 0.25) is 0 Å². The zero-order valence-electron chi connectivity index (χ0n) is 17.5. The summed E-state index contributed by atoms with van der Waals surface area (Å²) in [5.41, 5.74) is 4.58. The van der Waals surface area contributed by atoms with Crippen molar-refractivity contribution >= 4 is 17.8 Å². The van der Waals surface area contributed by atoms with Crippen molar-refractivity contribution in [3.63, 3.8) is 0 Å². The number of nitrogens with zero attached hydrogens (tertiary/aromatic N) is 2. The predicted octanol–water partition coefficient (Wildman–Crippen LogP) is 2.44. The molecule has 2 N–H and O–H groups in total. The number of nitrogens with two attached hydrogens (primary N) is 1. The van der Waals surface area contributed by atoms with E-state index >= 15 is 8.78 Å². The van der Waals surface area contributed by atoms with E-state index in [4.69, 9.17) is 19.9 Å². The zero-order chi connectivity index (χ0) is 24.3. The molecule has 0 amide bonds. The number of rotatable bonds is 6. The molecule has 0 spiro atoms. The van der Waals surface area contributed by atoms with Crippen molar-refractivity contribution in [1.82, 2.24) is 9.55 Å². The maximum Gasteiger partial charge on any atom is 0.351 e. The van der Waals surface area contributed by atoms with E-state index in [1.54, 1.807) is 36.4 Å². The van der Waals surface area contributed by atoms with E-state index in [1.165, 1.54) is 24.3 Å². The summed E-state index contributed by atoms with van der Waals surface area (Å²) in [5.74, 6) is -5.86. The van der Waals surface area contributed by atoms with Crippen molar-refractivity contribution in [1.29, 1.82) is 0 Å². The summed E-state index contributed by atoms with van der Waals surface area (Å²) in [7, 11) is 0. The smallest absolute Gasteiger partial charge is 0.351 e. The van der Waals surface area contributed by atoms with Gasteiger partial charge in [0.1, 0.15) is 18.5 Å². The third-order valence-electron chi connectivity index (χ3n) is 5.09. The lowest BCUT2D eigenvalue weighted by atomic mass is 10.1. The van der Waals surface area contributed by atoms with Gasteiger partial charge in [0.2, 0.25) is 6.23 Å². The Kier molecular flexibility index (Phi) is 6.37. The molecule has 0 radical (unpaired) electrons. The minimum Gasteiger partial charge on any atom is -0.459 e. The minimum atomic E-state index is -3.88. The molecule has 11 heteroatoms. The number of anilines is 1. The van der Waals surface area contributed by atoms with Crippen LogP contribution in [0.1, 0.15) is 26.9 Å². The molecule has 0 unspecified atom stereocenters. The summed E-state index contributed by atoms with van der Waals surface area (Å²) in [5, 5.41) is 0. The van der Waals surface area contributed by atoms with Crippen LogP contribution in [-0.4, -0.2) is 46.2 Å². The Labute approximate surface area is 191 Å². The second-order valence-electron chi connectivity index (χ2n) is 7.40. The van der Waals surface area contributed by atoms with Gasteiger partial charge in [-0.05, 0) is 30.3 Å². The number of carbonyl (C=O) groups is 2. The number of ether oxygens (including phenoxy) is 3. The predicted molar refractivity (Wildman–Crippen MR) is 114 cm³/mol. The second-order valence-corrected chi connectivity index (χ2v) is 7.40. The van der Waals surface area contributed by atoms with Crippen LogP contribution in [0, 0.1) is 0 Å². The number of alkyl halides is 2. The number of halogens is 2. The molecule has 4 rings (SSSR count). The van der Waals surface area contributed by atoms with Crippen LogP contribution in [0.3, 0.4) is 0 Å². The molecule has 2 aromatic carbocycles. The summed E-state index contributed by atoms with van der Waals surface area (Å²) in [6, 6.07) is 16.6. The second kappa shape index (κ2) is 9.40. The lowest BCUT2D eigenvalue weighted by Gasteiger charge is -2.24. The molecule has 9 nitrogen and oxygen atoms in total. The van der Waals surface area contributed by atoms with Gasteiger partial charge in [-0.1, -0.05) is 36.4 Å². The first-order valence-corrected chi connectivity index (χ1v) is 10.1. The molecule has 2 heterocycles. The molecular formula is C23H19F2N3O6. The quantitative estimate of drug-likeness (QED) is 0.544. The van der Waals surface area contributed by atoms with Gasteiger partial charge in [-0.2, -0.15) is 13.8 Å². The van der Waals surface area contributed by atoms with E-state index in [0.717, 1.165) is 12.3 Å². The molecule has 34 heavy (non-hydrogen) atoms. The summed E-state index contributed by atoms with van der Waals surface area (Å²) in [6.07, 6.45) is -4.93. The van der Waals surface area contributed by atoms with Crippen molar-refractivity contribution < 1.29 is 32.6 Å². The number of esters is 2. The molecule has 0 saturated carbocycles. The number of hydrogen-bond acceptors (Lipinski definition) is 8. The molecule has 1 fully saturated rings. The summed E-state index contributed by atoms with van der Waals surface area (Å²) in [6.45, 7) is -0.663. The van der Waals surface area contributed by atoms with Crippen molar-refractivity contribution in [3.05, 3.63) is 94.5 Å². The number of aromatic nitrogens is 2. The third kappa shape index (κ3) is 4.64. The highest BCUT2D eigenvalue weighted by atomic mass is 19.3. The van der Waals surface area contributed by atoms with Gasteiger partial charge < -0.3 is 19.9 Å². The van der Waals surface area contributed by atoms with Gasteiger partial charge in [0.05, 0.1) is 11.1 Å². The van der Waals surface area contributed by atoms with E-state index < -0.39 is 48.6 Å². The Morgan fingerprint density at radius 1 is 1.00 bits per heavy atom. The SMILES string of the molecule is Nc1ccn([C@H]2O[C@H](COC(=O)c3ccccc3)[C@H](OC(=O)c3ccccc3)C2(F)F)c(=O)n1. The Bertz CT molecular complexity index is 1240. The molecule has 176 valence electrons. The molecule has 1 saturated heterocycles. The van der Waals surface area contributed by atoms with Gasteiger partial charge in [-0.25, -0.2) is 14.4 Å². The topological polar surface area (TPSA) is 123 Å². The van der Waals surface area contributed by atoms with Crippen LogP contribution in [0.25, 0.3) is 0 Å². The van der Waals surface area contributed by atoms with E-state index in [9.17, 15) is 14.4 Å². The average molecular weight is 471 g/mol. The molecule has 1 aromatic heterocycles.